The van der Waals surface area contributed by atoms with Crippen molar-refractivity contribution in [3.63, 3.8) is 0 Å². The van der Waals surface area contributed by atoms with E-state index in [1.807, 2.05) is 32.9 Å². The maximum Gasteiger partial charge on any atom is 0.251 e. The molecule has 0 spiro atoms. The van der Waals surface area contributed by atoms with E-state index in [0.717, 1.165) is 10.0 Å². The van der Waals surface area contributed by atoms with E-state index < -0.39 is 5.54 Å². The van der Waals surface area contributed by atoms with Crippen LogP contribution in [0.3, 0.4) is 0 Å². The summed E-state index contributed by atoms with van der Waals surface area (Å²) in [6, 6.07) is 5.54. The van der Waals surface area contributed by atoms with Gasteiger partial charge in [-0.2, -0.15) is 0 Å². The van der Waals surface area contributed by atoms with Gasteiger partial charge < -0.3 is 10.4 Å². The third-order valence-corrected chi connectivity index (χ3v) is 3.56. The highest BCUT2D eigenvalue weighted by atomic mass is 79.9. The van der Waals surface area contributed by atoms with Gasteiger partial charge in [-0.05, 0) is 44.9 Å². The average Bonchev–Trinajstić information content (AvgIpc) is 2.21. The highest BCUT2D eigenvalue weighted by Gasteiger charge is 2.21. The number of aliphatic hydroxyl groups is 1. The van der Waals surface area contributed by atoms with E-state index in [2.05, 4.69) is 21.2 Å². The molecule has 0 fully saturated rings. The summed E-state index contributed by atoms with van der Waals surface area (Å²) in [5.41, 5.74) is 1.18. The van der Waals surface area contributed by atoms with Gasteiger partial charge in [-0.25, -0.2) is 0 Å². The fourth-order valence-electron chi connectivity index (χ4n) is 1.57. The van der Waals surface area contributed by atoms with Crippen molar-refractivity contribution in [1.29, 1.82) is 0 Å². The van der Waals surface area contributed by atoms with Gasteiger partial charge in [0, 0.05) is 22.2 Å². The number of aliphatic hydroxyl groups excluding tert-OH is 1. The fraction of sp³-hybridized carbons (Fsp3) is 0.462. The highest BCUT2D eigenvalue weighted by Crippen LogP contribution is 2.20. The van der Waals surface area contributed by atoms with Crippen LogP contribution in [0.1, 0.15) is 36.2 Å². The Morgan fingerprint density at radius 1 is 1.47 bits per heavy atom. The molecule has 0 aliphatic carbocycles. The number of carbonyl (C=O) groups excluding carboxylic acids is 1. The molecule has 17 heavy (non-hydrogen) atoms. The smallest absolute Gasteiger partial charge is 0.251 e. The van der Waals surface area contributed by atoms with Crippen LogP contribution in [-0.4, -0.2) is 23.2 Å². The van der Waals surface area contributed by atoms with Crippen LogP contribution in [0.5, 0.6) is 0 Å². The predicted molar refractivity (Wildman–Crippen MR) is 72.1 cm³/mol. The van der Waals surface area contributed by atoms with Crippen LogP contribution >= 0.6 is 15.9 Å². The number of amides is 1. The van der Waals surface area contributed by atoms with Gasteiger partial charge in [0.2, 0.25) is 0 Å². The number of benzene rings is 1. The molecule has 2 N–H and O–H groups in total. The van der Waals surface area contributed by atoms with Gasteiger partial charge in [0.05, 0.1) is 0 Å². The first-order valence-electron chi connectivity index (χ1n) is 5.56. The molecule has 0 saturated heterocycles. The van der Waals surface area contributed by atoms with Crippen molar-refractivity contribution in [1.82, 2.24) is 5.32 Å². The molecule has 4 heteroatoms. The lowest BCUT2D eigenvalue weighted by Gasteiger charge is -2.25. The first-order chi connectivity index (χ1) is 7.87. The first-order valence-corrected chi connectivity index (χ1v) is 6.35. The summed E-state index contributed by atoms with van der Waals surface area (Å²) in [5.74, 6) is -0.109. The molecule has 1 amide bonds. The summed E-state index contributed by atoms with van der Waals surface area (Å²) in [7, 11) is 0. The fourth-order valence-corrected chi connectivity index (χ4v) is 1.94. The molecule has 0 heterocycles. The molecule has 0 aliphatic rings. The number of nitrogens with one attached hydrogen (secondary N) is 1. The second kappa shape index (κ2) is 5.65. The van der Waals surface area contributed by atoms with E-state index in [0.29, 0.717) is 12.0 Å². The minimum atomic E-state index is -0.402. The largest absolute Gasteiger partial charge is 0.396 e. The molecule has 0 aromatic heterocycles. The zero-order valence-electron chi connectivity index (χ0n) is 10.4. The molecular formula is C13H18BrNO2. The Morgan fingerprint density at radius 3 is 2.71 bits per heavy atom. The zero-order valence-corrected chi connectivity index (χ0v) is 12.0. The third kappa shape index (κ3) is 3.82. The number of rotatable bonds is 4. The lowest BCUT2D eigenvalue weighted by atomic mass is 9.99. The Morgan fingerprint density at radius 2 is 2.12 bits per heavy atom. The van der Waals surface area contributed by atoms with E-state index in [1.165, 1.54) is 0 Å². The Balaban J connectivity index is 2.87. The molecule has 0 unspecified atom stereocenters. The first kappa shape index (κ1) is 14.2. The van der Waals surface area contributed by atoms with E-state index in [4.69, 9.17) is 5.11 Å². The van der Waals surface area contributed by atoms with Crippen molar-refractivity contribution in [2.45, 2.75) is 32.7 Å². The minimum Gasteiger partial charge on any atom is -0.396 e. The van der Waals surface area contributed by atoms with Crippen LogP contribution in [0.25, 0.3) is 0 Å². The quantitative estimate of drug-likeness (QED) is 0.898. The van der Waals surface area contributed by atoms with Crippen molar-refractivity contribution in [2.75, 3.05) is 6.61 Å². The molecule has 1 aromatic carbocycles. The van der Waals surface area contributed by atoms with Crippen molar-refractivity contribution in [3.8, 4) is 0 Å². The SMILES string of the molecule is Cc1c(Br)cccc1C(=O)NC(C)(C)CCO. The summed E-state index contributed by atoms with van der Waals surface area (Å²) in [6.45, 7) is 5.76. The van der Waals surface area contributed by atoms with Gasteiger partial charge in [-0.15, -0.1) is 0 Å². The van der Waals surface area contributed by atoms with Gasteiger partial charge in [-0.1, -0.05) is 22.0 Å². The van der Waals surface area contributed by atoms with Gasteiger partial charge >= 0.3 is 0 Å². The Labute approximate surface area is 110 Å². The van der Waals surface area contributed by atoms with Crippen LogP contribution < -0.4 is 5.32 Å². The molecular weight excluding hydrogens is 282 g/mol. The molecule has 1 aromatic rings. The molecule has 94 valence electrons. The maximum atomic E-state index is 12.1. The second-order valence-corrected chi connectivity index (χ2v) is 5.58. The lowest BCUT2D eigenvalue weighted by Crippen LogP contribution is -2.44. The Kier molecular flexibility index (Phi) is 4.71. The number of hydrogen-bond donors (Lipinski definition) is 2. The van der Waals surface area contributed by atoms with Crippen molar-refractivity contribution in [2.24, 2.45) is 0 Å². The average molecular weight is 300 g/mol. The van der Waals surface area contributed by atoms with Crippen molar-refractivity contribution < 1.29 is 9.90 Å². The highest BCUT2D eigenvalue weighted by molar-refractivity contribution is 9.10. The minimum absolute atomic E-state index is 0.0603. The zero-order chi connectivity index (χ0) is 13.1. The number of halogens is 1. The molecule has 1 rings (SSSR count). The lowest BCUT2D eigenvalue weighted by molar-refractivity contribution is 0.0899. The van der Waals surface area contributed by atoms with E-state index in [1.54, 1.807) is 6.07 Å². The molecule has 0 radical (unpaired) electrons. The normalized spacial score (nSPS) is 11.4. The summed E-state index contributed by atoms with van der Waals surface area (Å²) < 4.78 is 0.921. The Hall–Kier alpha value is -0.870. The molecule has 3 nitrogen and oxygen atoms in total. The summed E-state index contributed by atoms with van der Waals surface area (Å²) in [4.78, 5) is 12.1. The number of hydrogen-bond acceptors (Lipinski definition) is 2. The standard InChI is InChI=1S/C13H18BrNO2/c1-9-10(5-4-6-11(9)14)12(17)15-13(2,3)7-8-16/h4-6,16H,7-8H2,1-3H3,(H,15,17). The van der Waals surface area contributed by atoms with Crippen molar-refractivity contribution in [3.05, 3.63) is 33.8 Å². The second-order valence-electron chi connectivity index (χ2n) is 4.72. The number of carbonyl (C=O) groups is 1. The van der Waals surface area contributed by atoms with Crippen LogP contribution in [-0.2, 0) is 0 Å². The summed E-state index contributed by atoms with van der Waals surface area (Å²) in [6.07, 6.45) is 0.534. The Bertz CT molecular complexity index is 416. The van der Waals surface area contributed by atoms with Gasteiger partial charge in [0.15, 0.2) is 0 Å². The molecule has 0 atom stereocenters. The predicted octanol–water partition coefficient (Wildman–Crippen LogP) is 2.65. The van der Waals surface area contributed by atoms with Crippen LogP contribution in [0.15, 0.2) is 22.7 Å². The van der Waals surface area contributed by atoms with Crippen molar-refractivity contribution >= 4 is 21.8 Å². The van der Waals surface area contributed by atoms with Gasteiger partial charge in [-0.3, -0.25) is 4.79 Å². The van der Waals surface area contributed by atoms with E-state index in [-0.39, 0.29) is 12.5 Å². The summed E-state index contributed by atoms with van der Waals surface area (Å²) in [5, 5.41) is 11.8. The molecule has 0 aliphatic heterocycles. The van der Waals surface area contributed by atoms with Crippen LogP contribution in [0.4, 0.5) is 0 Å². The topological polar surface area (TPSA) is 49.3 Å². The third-order valence-electron chi connectivity index (χ3n) is 2.70. The van der Waals surface area contributed by atoms with E-state index >= 15 is 0 Å². The van der Waals surface area contributed by atoms with Gasteiger partial charge in [0.1, 0.15) is 0 Å². The van der Waals surface area contributed by atoms with Gasteiger partial charge in [0.25, 0.3) is 5.91 Å². The van der Waals surface area contributed by atoms with Crippen LogP contribution in [0, 0.1) is 6.92 Å². The monoisotopic (exact) mass is 299 g/mol. The van der Waals surface area contributed by atoms with E-state index in [9.17, 15) is 4.79 Å². The maximum absolute atomic E-state index is 12.1. The summed E-state index contributed by atoms with van der Waals surface area (Å²) >= 11 is 3.40. The molecule has 0 bridgehead atoms. The van der Waals surface area contributed by atoms with Crippen LogP contribution in [0.2, 0.25) is 0 Å². The molecule has 0 saturated carbocycles.